The Morgan fingerprint density at radius 3 is 1.35 bits per heavy atom. The quantitative estimate of drug-likeness (QED) is 0.266. The van der Waals surface area contributed by atoms with E-state index in [0.29, 0.717) is 10.8 Å². The molecule has 5 aliphatic carbocycles. The van der Waals surface area contributed by atoms with Gasteiger partial charge in [-0.05, 0) is 128 Å². The van der Waals surface area contributed by atoms with Crippen LogP contribution in [0.5, 0.6) is 0 Å². The zero-order chi connectivity index (χ0) is 25.4. The van der Waals surface area contributed by atoms with E-state index in [4.69, 9.17) is 17.0 Å². The van der Waals surface area contributed by atoms with Gasteiger partial charge in [0.1, 0.15) is 0 Å². The topological polar surface area (TPSA) is 0 Å². The molecule has 0 nitrogen and oxygen atoms in total. The molecule has 5 aliphatic rings. The van der Waals surface area contributed by atoms with E-state index in [9.17, 15) is 0 Å². The average molecular weight is 633 g/mol. The molecule has 0 aliphatic heterocycles. The van der Waals surface area contributed by atoms with Crippen LogP contribution in [0.1, 0.15) is 138 Å². The van der Waals surface area contributed by atoms with Crippen molar-refractivity contribution in [3.8, 4) is 0 Å². The number of hydrogen-bond acceptors (Lipinski definition) is 0. The summed E-state index contributed by atoms with van der Waals surface area (Å²) in [5.74, 6) is 8.41. The molecular weight excluding hydrogens is 571 g/mol. The van der Waals surface area contributed by atoms with Gasteiger partial charge in [0.05, 0.1) is 0 Å². The van der Waals surface area contributed by atoms with E-state index < -0.39 is 20.8 Å². The Labute approximate surface area is 252 Å². The van der Waals surface area contributed by atoms with Crippen LogP contribution in [0.2, 0.25) is 0 Å². The van der Waals surface area contributed by atoms with Crippen LogP contribution in [0.3, 0.4) is 0 Å². The van der Waals surface area contributed by atoms with Crippen molar-refractivity contribution in [1.82, 2.24) is 0 Å². The van der Waals surface area contributed by atoms with Gasteiger partial charge < -0.3 is 14.9 Å². The van der Waals surface area contributed by atoms with Gasteiger partial charge in [-0.25, -0.2) is 0 Å². The van der Waals surface area contributed by atoms with Crippen molar-refractivity contribution >= 4 is 17.0 Å². The second-order valence-corrected chi connectivity index (χ2v) is 19.5. The van der Waals surface area contributed by atoms with E-state index >= 15 is 0 Å². The Bertz CT molecular complexity index is 626. The fourth-order valence-electron chi connectivity index (χ4n) is 10.8. The first kappa shape index (κ1) is 34.7. The summed E-state index contributed by atoms with van der Waals surface area (Å²) in [7, 11) is 9.87. The predicted molar refractivity (Wildman–Crippen MR) is 163 cm³/mol. The zero-order valence-corrected chi connectivity index (χ0v) is 30.0. The molecule has 5 saturated carbocycles. The van der Waals surface area contributed by atoms with Gasteiger partial charge in [0.15, 0.2) is 0 Å². The summed E-state index contributed by atoms with van der Waals surface area (Å²) in [6, 6.07) is 0. The van der Waals surface area contributed by atoms with Crippen molar-refractivity contribution in [3.63, 3.8) is 0 Å². The van der Waals surface area contributed by atoms with Crippen molar-refractivity contribution < 1.29 is 20.8 Å². The van der Waals surface area contributed by atoms with E-state index in [1.165, 1.54) is 32.1 Å². The number of rotatable bonds is 2. The van der Waals surface area contributed by atoms with Gasteiger partial charge in [0, 0.05) is 0 Å². The third-order valence-electron chi connectivity index (χ3n) is 12.4. The molecule has 6 unspecified atom stereocenters. The molecule has 0 aromatic rings. The van der Waals surface area contributed by atoms with Crippen LogP contribution < -0.4 is 0 Å². The van der Waals surface area contributed by atoms with Crippen LogP contribution >= 0.6 is 17.0 Å². The molecule has 5 fully saturated rings. The molecular formula is C34H62Cl2Zr. The molecule has 0 aromatic carbocycles. The van der Waals surface area contributed by atoms with Crippen LogP contribution in [0.15, 0.2) is 0 Å². The molecule has 0 N–H and O–H groups in total. The van der Waals surface area contributed by atoms with E-state index in [1.54, 1.807) is 64.2 Å². The third-order valence-corrected chi connectivity index (χ3v) is 12.4. The maximum absolute atomic E-state index is 4.93. The first-order valence-corrected chi connectivity index (χ1v) is 21.8. The molecule has 0 saturated heterocycles. The Morgan fingerprint density at radius 2 is 0.973 bits per heavy atom. The van der Waals surface area contributed by atoms with Crippen LogP contribution in [0.25, 0.3) is 0 Å². The van der Waals surface area contributed by atoms with Crippen LogP contribution in [-0.2, 0) is 20.8 Å². The van der Waals surface area contributed by atoms with Crippen LogP contribution in [0, 0.1) is 78.4 Å². The maximum atomic E-state index is 4.93. The molecule has 0 heterocycles. The zero-order valence-electron chi connectivity index (χ0n) is 26.0. The molecule has 0 radical (unpaired) electrons. The fourth-order valence-corrected chi connectivity index (χ4v) is 10.8. The minimum absolute atomic E-state index is 0. The number of hydrogen-bond donors (Lipinski definition) is 0. The fraction of sp³-hybridized carbons (Fsp3) is 0.941. The Hall–Kier alpha value is 1.46. The van der Waals surface area contributed by atoms with Crippen LogP contribution in [-0.4, -0.2) is 0 Å². The summed E-state index contributed by atoms with van der Waals surface area (Å²) >= 11 is -0.826. The molecule has 6 atom stereocenters. The van der Waals surface area contributed by atoms with Crippen molar-refractivity contribution in [2.24, 2.45) is 63.6 Å². The van der Waals surface area contributed by atoms with Crippen molar-refractivity contribution in [2.45, 2.75) is 138 Å². The van der Waals surface area contributed by atoms with Crippen molar-refractivity contribution in [3.05, 3.63) is 14.9 Å². The molecule has 3 heteroatoms. The van der Waals surface area contributed by atoms with Crippen molar-refractivity contribution in [2.75, 3.05) is 0 Å². The molecule has 5 rings (SSSR count). The third kappa shape index (κ3) is 7.28. The molecule has 0 aromatic heterocycles. The van der Waals surface area contributed by atoms with Gasteiger partial charge >= 0.3 is 37.9 Å². The SMILES string of the molecule is CC(C)(C)C1CCC2C3CCC(C(C)(C)C)CC3C(C3(C4CCCC4)CCCCC3)C2C1.[CH3-].[CH3-].[Cl][Zr+2][Cl]. The first-order valence-electron chi connectivity index (χ1n) is 15.5. The summed E-state index contributed by atoms with van der Waals surface area (Å²) < 4.78 is 0. The van der Waals surface area contributed by atoms with Gasteiger partial charge in [0.25, 0.3) is 0 Å². The molecule has 0 bridgehead atoms. The monoisotopic (exact) mass is 630 g/mol. The van der Waals surface area contributed by atoms with E-state index in [1.807, 2.05) is 0 Å². The summed E-state index contributed by atoms with van der Waals surface area (Å²) in [5.41, 5.74) is 1.74. The second-order valence-electron chi connectivity index (χ2n) is 15.8. The number of fused-ring (bicyclic) bond motifs is 3. The Morgan fingerprint density at radius 1 is 0.568 bits per heavy atom. The Kier molecular flexibility index (Phi) is 13.2. The molecule has 0 amide bonds. The first-order chi connectivity index (χ1) is 16.5. The molecule has 216 valence electrons. The van der Waals surface area contributed by atoms with E-state index in [2.05, 4.69) is 41.5 Å². The van der Waals surface area contributed by atoms with Crippen molar-refractivity contribution in [1.29, 1.82) is 0 Å². The van der Waals surface area contributed by atoms with Gasteiger partial charge in [-0.1, -0.05) is 73.6 Å². The van der Waals surface area contributed by atoms with Gasteiger partial charge in [-0.15, -0.1) is 0 Å². The van der Waals surface area contributed by atoms with E-state index in [0.717, 1.165) is 52.8 Å². The number of halogens is 2. The normalized spacial score (nSPS) is 37.6. The summed E-state index contributed by atoms with van der Waals surface area (Å²) in [6.07, 6.45) is 23.4. The standard InChI is InChI=1S/C32H56.2CH3.2ClH.Zr/c1-30(2,3)23-14-16-25-26-17-15-24(31(4,5)6)21-28(26)29(27(25)20-23)32(18-10-7-11-19-32)22-12-8-9-13-22;;;;;/h22-29H,7-21H2,1-6H3;2*1H3;2*1H;/q;2*-1;;;+4/p-2. The summed E-state index contributed by atoms with van der Waals surface area (Å²) in [5, 5.41) is 0. The average Bonchev–Trinajstić information content (AvgIpc) is 3.45. The minimum atomic E-state index is -0.826. The van der Waals surface area contributed by atoms with Gasteiger partial charge in [0.2, 0.25) is 0 Å². The molecule has 0 spiro atoms. The van der Waals surface area contributed by atoms with Crippen LogP contribution in [0.4, 0.5) is 0 Å². The second kappa shape index (κ2) is 14.1. The molecule has 37 heavy (non-hydrogen) atoms. The predicted octanol–water partition coefficient (Wildman–Crippen LogP) is 12.2. The summed E-state index contributed by atoms with van der Waals surface area (Å²) in [6.45, 7) is 15.3. The van der Waals surface area contributed by atoms with Gasteiger partial charge in [-0.3, -0.25) is 0 Å². The summed E-state index contributed by atoms with van der Waals surface area (Å²) in [4.78, 5) is 0. The van der Waals surface area contributed by atoms with E-state index in [-0.39, 0.29) is 14.9 Å². The Balaban J connectivity index is 0.000000919. The van der Waals surface area contributed by atoms with Gasteiger partial charge in [-0.2, -0.15) is 0 Å².